The normalized spacial score (nSPS) is 11.0. The Morgan fingerprint density at radius 2 is 1.93 bits per heavy atom. The number of phenols is 1. The number of aromatic amines is 1. The van der Waals surface area contributed by atoms with E-state index in [0.717, 1.165) is 0 Å². The average Bonchev–Trinajstić information content (AvgIpc) is 2.74. The number of phenolic OH excluding ortho intramolecular Hbond substituents is 1. The lowest BCUT2D eigenvalue weighted by Crippen LogP contribution is -2.18. The number of ether oxygens (including phenoxy) is 2. The topological polar surface area (TPSA) is 126 Å². The van der Waals surface area contributed by atoms with Gasteiger partial charge in [0, 0.05) is 18.4 Å². The lowest BCUT2D eigenvalue weighted by Gasteiger charge is -2.09. The number of benzene rings is 2. The van der Waals surface area contributed by atoms with E-state index in [-0.39, 0.29) is 35.1 Å². The number of nitrogens with one attached hydrogen (secondary N) is 2. The SMILES string of the molecule is COc1cc(/C=N/NC(=O)CCCc2nc3ccccc3c(=O)[nH]2)cc(OC)c1O. The van der Waals surface area contributed by atoms with Crippen LogP contribution in [0.2, 0.25) is 0 Å². The predicted octanol–water partition coefficient (Wildman–Crippen LogP) is 2.12. The summed E-state index contributed by atoms with van der Waals surface area (Å²) < 4.78 is 10.2. The number of hydrazone groups is 1. The van der Waals surface area contributed by atoms with Crippen molar-refractivity contribution in [3.63, 3.8) is 0 Å². The van der Waals surface area contributed by atoms with Crippen LogP contribution in [-0.4, -0.2) is 41.4 Å². The van der Waals surface area contributed by atoms with Crippen LogP contribution in [-0.2, 0) is 11.2 Å². The van der Waals surface area contributed by atoms with Gasteiger partial charge in [-0.15, -0.1) is 0 Å². The molecule has 1 aromatic heterocycles. The van der Waals surface area contributed by atoms with Crippen LogP contribution in [0.15, 0.2) is 46.3 Å². The summed E-state index contributed by atoms with van der Waals surface area (Å²) in [6.07, 6.45) is 2.61. The van der Waals surface area contributed by atoms with E-state index < -0.39 is 0 Å². The van der Waals surface area contributed by atoms with E-state index in [1.54, 1.807) is 30.3 Å². The molecular formula is C21H22N4O5. The molecule has 9 nitrogen and oxygen atoms in total. The number of nitrogens with zero attached hydrogens (tertiary/aromatic N) is 2. The van der Waals surface area contributed by atoms with Gasteiger partial charge in [0.15, 0.2) is 11.5 Å². The largest absolute Gasteiger partial charge is 0.502 e. The molecule has 3 N–H and O–H groups in total. The second-order valence-electron chi connectivity index (χ2n) is 6.45. The highest BCUT2D eigenvalue weighted by Gasteiger charge is 2.10. The Bertz CT molecular complexity index is 1110. The zero-order chi connectivity index (χ0) is 21.5. The molecule has 2 aromatic carbocycles. The molecule has 0 fully saturated rings. The molecule has 0 saturated carbocycles. The Morgan fingerprint density at radius 1 is 1.23 bits per heavy atom. The van der Waals surface area contributed by atoms with Gasteiger partial charge in [-0.2, -0.15) is 5.10 Å². The molecule has 0 atom stereocenters. The molecule has 9 heteroatoms. The number of para-hydroxylation sites is 1. The second-order valence-corrected chi connectivity index (χ2v) is 6.45. The molecule has 0 aliphatic rings. The summed E-state index contributed by atoms with van der Waals surface area (Å²) in [4.78, 5) is 31.2. The summed E-state index contributed by atoms with van der Waals surface area (Å²) in [5, 5.41) is 14.4. The van der Waals surface area contributed by atoms with Crippen LogP contribution in [0.1, 0.15) is 24.2 Å². The third kappa shape index (κ3) is 4.93. The number of aryl methyl sites for hydroxylation is 1. The minimum atomic E-state index is -0.271. The van der Waals surface area contributed by atoms with Gasteiger partial charge in [0.1, 0.15) is 5.82 Å². The van der Waals surface area contributed by atoms with Gasteiger partial charge in [0.2, 0.25) is 11.7 Å². The third-order valence-electron chi connectivity index (χ3n) is 4.38. The molecule has 0 saturated heterocycles. The first kappa shape index (κ1) is 20.8. The minimum Gasteiger partial charge on any atom is -0.502 e. The molecule has 1 heterocycles. The fourth-order valence-corrected chi connectivity index (χ4v) is 2.89. The van der Waals surface area contributed by atoms with Crippen molar-refractivity contribution in [2.45, 2.75) is 19.3 Å². The van der Waals surface area contributed by atoms with Crippen molar-refractivity contribution < 1.29 is 19.4 Å². The molecule has 156 valence electrons. The van der Waals surface area contributed by atoms with Crippen LogP contribution in [0.4, 0.5) is 0 Å². The van der Waals surface area contributed by atoms with Crippen molar-refractivity contribution in [2.24, 2.45) is 5.10 Å². The molecule has 0 bridgehead atoms. The lowest BCUT2D eigenvalue weighted by molar-refractivity contribution is -0.121. The Labute approximate surface area is 172 Å². The highest BCUT2D eigenvalue weighted by molar-refractivity contribution is 5.84. The minimum absolute atomic E-state index is 0.110. The Morgan fingerprint density at radius 3 is 2.63 bits per heavy atom. The van der Waals surface area contributed by atoms with E-state index >= 15 is 0 Å². The number of hydrogen-bond acceptors (Lipinski definition) is 7. The number of carbonyl (C=O) groups excluding carboxylic acids is 1. The average molecular weight is 410 g/mol. The van der Waals surface area contributed by atoms with Crippen LogP contribution in [0.3, 0.4) is 0 Å². The molecule has 1 amide bonds. The number of H-pyrrole nitrogens is 1. The standard InChI is InChI=1S/C21H22N4O5/c1-29-16-10-13(11-17(30-2)20(16)27)12-22-25-19(26)9-5-8-18-23-15-7-4-3-6-14(15)21(28)24-18/h3-4,6-7,10-12,27H,5,8-9H2,1-2H3,(H,25,26)(H,23,24,28)/b22-12+. The molecule has 0 aliphatic carbocycles. The van der Waals surface area contributed by atoms with Crippen molar-refractivity contribution in [2.75, 3.05) is 14.2 Å². The first-order valence-electron chi connectivity index (χ1n) is 9.26. The number of aromatic nitrogens is 2. The van der Waals surface area contributed by atoms with Gasteiger partial charge in [0.25, 0.3) is 5.56 Å². The second kappa shape index (κ2) is 9.55. The zero-order valence-corrected chi connectivity index (χ0v) is 16.6. The zero-order valence-electron chi connectivity index (χ0n) is 16.6. The number of methoxy groups -OCH3 is 2. The van der Waals surface area contributed by atoms with Gasteiger partial charge in [-0.05, 0) is 30.7 Å². The van der Waals surface area contributed by atoms with Crippen molar-refractivity contribution >= 4 is 23.0 Å². The van der Waals surface area contributed by atoms with Gasteiger partial charge in [-0.25, -0.2) is 10.4 Å². The van der Waals surface area contributed by atoms with E-state index in [1.807, 2.05) is 6.07 Å². The quantitative estimate of drug-likeness (QED) is 0.386. The molecule has 3 rings (SSSR count). The van der Waals surface area contributed by atoms with Crippen molar-refractivity contribution in [3.05, 3.63) is 58.1 Å². The summed E-state index contributed by atoms with van der Waals surface area (Å²) in [6.45, 7) is 0. The maximum atomic E-state index is 12.1. The van der Waals surface area contributed by atoms with Gasteiger partial charge in [-0.3, -0.25) is 9.59 Å². The monoisotopic (exact) mass is 410 g/mol. The number of fused-ring (bicyclic) bond motifs is 1. The van der Waals surface area contributed by atoms with Crippen molar-refractivity contribution in [1.82, 2.24) is 15.4 Å². The third-order valence-corrected chi connectivity index (χ3v) is 4.38. The smallest absolute Gasteiger partial charge is 0.258 e. The van der Waals surface area contributed by atoms with E-state index in [4.69, 9.17) is 9.47 Å². The number of aromatic hydroxyl groups is 1. The van der Waals surface area contributed by atoms with E-state index in [0.29, 0.717) is 35.1 Å². The number of carbonyl (C=O) groups is 1. The number of rotatable bonds is 8. The van der Waals surface area contributed by atoms with E-state index in [1.165, 1.54) is 20.4 Å². The first-order chi connectivity index (χ1) is 14.5. The fourth-order valence-electron chi connectivity index (χ4n) is 2.89. The van der Waals surface area contributed by atoms with Gasteiger partial charge in [-0.1, -0.05) is 12.1 Å². The van der Waals surface area contributed by atoms with E-state index in [9.17, 15) is 14.7 Å². The summed E-state index contributed by atoms with van der Waals surface area (Å²) in [5.74, 6) is 0.630. The molecule has 3 aromatic rings. The number of amides is 1. The molecule has 0 radical (unpaired) electrons. The molecule has 0 unspecified atom stereocenters. The highest BCUT2D eigenvalue weighted by atomic mass is 16.5. The highest BCUT2D eigenvalue weighted by Crippen LogP contribution is 2.36. The maximum Gasteiger partial charge on any atom is 0.258 e. The molecule has 30 heavy (non-hydrogen) atoms. The predicted molar refractivity (Wildman–Crippen MR) is 112 cm³/mol. The van der Waals surface area contributed by atoms with Crippen LogP contribution < -0.4 is 20.5 Å². The van der Waals surface area contributed by atoms with Crippen LogP contribution in [0.25, 0.3) is 10.9 Å². The van der Waals surface area contributed by atoms with Crippen molar-refractivity contribution in [1.29, 1.82) is 0 Å². The van der Waals surface area contributed by atoms with Gasteiger partial charge >= 0.3 is 0 Å². The molecular weight excluding hydrogens is 388 g/mol. The van der Waals surface area contributed by atoms with E-state index in [2.05, 4.69) is 20.5 Å². The summed E-state index contributed by atoms with van der Waals surface area (Å²) in [6, 6.07) is 10.2. The maximum absolute atomic E-state index is 12.1. The summed E-state index contributed by atoms with van der Waals surface area (Å²) in [5.41, 5.74) is 3.46. The fraction of sp³-hybridized carbons (Fsp3) is 0.238. The molecule has 0 aliphatic heterocycles. The first-order valence-corrected chi connectivity index (χ1v) is 9.26. The van der Waals surface area contributed by atoms with Crippen LogP contribution in [0, 0.1) is 0 Å². The summed E-state index contributed by atoms with van der Waals surface area (Å²) >= 11 is 0. The Kier molecular flexibility index (Phi) is 6.63. The van der Waals surface area contributed by atoms with Crippen molar-refractivity contribution in [3.8, 4) is 17.2 Å². The Hall–Kier alpha value is -3.88. The lowest BCUT2D eigenvalue weighted by atomic mass is 10.2. The summed E-state index contributed by atoms with van der Waals surface area (Å²) in [7, 11) is 2.85. The van der Waals surface area contributed by atoms with Gasteiger partial charge in [0.05, 0.1) is 31.3 Å². The van der Waals surface area contributed by atoms with Crippen LogP contribution >= 0.6 is 0 Å². The Balaban J connectivity index is 1.54. The van der Waals surface area contributed by atoms with Gasteiger partial charge < -0.3 is 19.6 Å². The molecule has 0 spiro atoms. The van der Waals surface area contributed by atoms with Crippen LogP contribution in [0.5, 0.6) is 17.2 Å². The number of hydrogen-bond donors (Lipinski definition) is 3.